The summed E-state index contributed by atoms with van der Waals surface area (Å²) in [7, 11) is -3.67. The average molecular weight is 469 g/mol. The molecule has 0 bridgehead atoms. The molecule has 12 heteroatoms. The summed E-state index contributed by atoms with van der Waals surface area (Å²) in [6.07, 6.45) is 2.80. The van der Waals surface area contributed by atoms with Crippen LogP contribution >= 0.6 is 11.3 Å². The van der Waals surface area contributed by atoms with Crippen LogP contribution in [-0.2, 0) is 14.8 Å². The molecule has 0 atom stereocenters. The van der Waals surface area contributed by atoms with Gasteiger partial charge in [0.05, 0.1) is 6.54 Å². The van der Waals surface area contributed by atoms with Crippen LogP contribution in [0.25, 0.3) is 0 Å². The van der Waals surface area contributed by atoms with Crippen molar-refractivity contribution in [2.75, 3.05) is 63.8 Å². The molecule has 170 valence electrons. The molecule has 2 aromatic heterocycles. The molecule has 31 heavy (non-hydrogen) atoms. The van der Waals surface area contributed by atoms with Crippen LogP contribution in [0.15, 0.2) is 21.0 Å². The quantitative estimate of drug-likeness (QED) is 0.635. The van der Waals surface area contributed by atoms with Crippen LogP contribution in [0, 0.1) is 13.8 Å². The maximum atomic E-state index is 13.0. The molecule has 1 amide bonds. The Bertz CT molecular complexity index is 979. The van der Waals surface area contributed by atoms with E-state index in [4.69, 9.17) is 4.52 Å². The normalized spacial score (nSPS) is 19.5. The molecule has 0 radical (unpaired) electrons. The number of nitrogens with zero attached hydrogens (tertiary/aromatic N) is 6. The van der Waals surface area contributed by atoms with E-state index in [1.165, 1.54) is 4.31 Å². The van der Waals surface area contributed by atoms with Gasteiger partial charge in [0.25, 0.3) is 0 Å². The van der Waals surface area contributed by atoms with Gasteiger partial charge in [-0.25, -0.2) is 13.4 Å². The molecule has 0 unspecified atom stereocenters. The number of aromatic nitrogens is 2. The molecule has 2 aromatic rings. The number of anilines is 1. The van der Waals surface area contributed by atoms with Gasteiger partial charge >= 0.3 is 0 Å². The highest BCUT2D eigenvalue weighted by Gasteiger charge is 2.34. The Labute approximate surface area is 186 Å². The summed E-state index contributed by atoms with van der Waals surface area (Å²) >= 11 is 1.64. The monoisotopic (exact) mass is 468 g/mol. The van der Waals surface area contributed by atoms with Gasteiger partial charge in [0, 0.05) is 63.9 Å². The van der Waals surface area contributed by atoms with Gasteiger partial charge in [-0.3, -0.25) is 9.69 Å². The highest BCUT2D eigenvalue weighted by Crippen LogP contribution is 2.24. The smallest absolute Gasteiger partial charge is 0.248 e. The first-order valence-electron chi connectivity index (χ1n) is 10.4. The second-order valence-electron chi connectivity index (χ2n) is 7.87. The highest BCUT2D eigenvalue weighted by atomic mass is 32.2. The molecule has 0 N–H and O–H groups in total. The van der Waals surface area contributed by atoms with Gasteiger partial charge in [-0.05, 0) is 20.3 Å². The van der Waals surface area contributed by atoms with E-state index in [-0.39, 0.29) is 23.9 Å². The fraction of sp³-hybridized carbons (Fsp3) is 0.632. The molecular weight excluding hydrogens is 440 g/mol. The second kappa shape index (κ2) is 9.23. The van der Waals surface area contributed by atoms with Crippen LogP contribution in [0.4, 0.5) is 5.13 Å². The topological polar surface area (TPSA) is 103 Å². The van der Waals surface area contributed by atoms with Crippen LogP contribution < -0.4 is 4.90 Å². The minimum absolute atomic E-state index is 0.0529. The lowest BCUT2D eigenvalue weighted by Crippen LogP contribution is -2.52. The number of amides is 1. The Hall–Kier alpha value is -2.02. The number of thiazole rings is 1. The summed E-state index contributed by atoms with van der Waals surface area (Å²) in [4.78, 5) is 23.6. The Balaban J connectivity index is 1.29. The molecule has 2 fully saturated rings. The van der Waals surface area contributed by atoms with Gasteiger partial charge in [-0.15, -0.1) is 11.3 Å². The Kier molecular flexibility index (Phi) is 6.60. The van der Waals surface area contributed by atoms with Crippen molar-refractivity contribution in [2.24, 2.45) is 0 Å². The zero-order valence-electron chi connectivity index (χ0n) is 17.9. The summed E-state index contributed by atoms with van der Waals surface area (Å²) < 4.78 is 32.4. The average Bonchev–Trinajstić information content (AvgIpc) is 3.34. The third kappa shape index (κ3) is 4.76. The van der Waals surface area contributed by atoms with Gasteiger partial charge in [0.15, 0.2) is 10.9 Å². The molecule has 0 aromatic carbocycles. The summed E-state index contributed by atoms with van der Waals surface area (Å²) in [6.45, 7) is 8.39. The summed E-state index contributed by atoms with van der Waals surface area (Å²) in [5, 5.41) is 6.77. The van der Waals surface area contributed by atoms with Crippen LogP contribution in [0.1, 0.15) is 17.9 Å². The fourth-order valence-corrected chi connectivity index (χ4v) is 6.54. The van der Waals surface area contributed by atoms with Crippen molar-refractivity contribution in [2.45, 2.75) is 25.2 Å². The largest absolute Gasteiger partial charge is 0.360 e. The minimum Gasteiger partial charge on any atom is -0.360 e. The third-order valence-electron chi connectivity index (χ3n) is 5.79. The van der Waals surface area contributed by atoms with Crippen molar-refractivity contribution in [3.63, 3.8) is 0 Å². The molecule has 2 saturated heterocycles. The number of carbonyl (C=O) groups excluding carboxylic acids is 1. The van der Waals surface area contributed by atoms with E-state index in [2.05, 4.69) is 19.9 Å². The standard InChI is InChI=1S/C19H28N6O4S2/c1-15-18(16(2)29-21-15)31(27,28)25-11-9-23(10-12-25)17(26)14-22-5-3-6-24(8-7-22)19-20-4-13-30-19/h4,13H,3,5-12,14H2,1-2H3. The zero-order valence-corrected chi connectivity index (χ0v) is 19.5. The summed E-state index contributed by atoms with van der Waals surface area (Å²) in [5.74, 6) is 0.348. The van der Waals surface area contributed by atoms with Crippen LogP contribution in [-0.4, -0.2) is 97.5 Å². The van der Waals surface area contributed by atoms with Crippen molar-refractivity contribution < 1.29 is 17.7 Å². The zero-order chi connectivity index (χ0) is 22.0. The summed E-state index contributed by atoms with van der Waals surface area (Å²) in [6, 6.07) is 0. The van der Waals surface area contributed by atoms with E-state index in [0.717, 1.165) is 37.7 Å². The predicted molar refractivity (Wildman–Crippen MR) is 117 cm³/mol. The number of sulfonamides is 1. The molecule has 0 saturated carbocycles. The van der Waals surface area contributed by atoms with E-state index < -0.39 is 10.0 Å². The highest BCUT2D eigenvalue weighted by molar-refractivity contribution is 7.89. The molecule has 4 heterocycles. The Morgan fingerprint density at radius 2 is 1.87 bits per heavy atom. The Morgan fingerprint density at radius 3 is 2.52 bits per heavy atom. The number of aryl methyl sites for hydroxylation is 2. The van der Waals surface area contributed by atoms with E-state index >= 15 is 0 Å². The van der Waals surface area contributed by atoms with Gasteiger partial charge in [-0.2, -0.15) is 4.31 Å². The van der Waals surface area contributed by atoms with Crippen molar-refractivity contribution in [1.82, 2.24) is 24.2 Å². The minimum atomic E-state index is -3.67. The molecule has 2 aliphatic rings. The number of hydrogen-bond acceptors (Lipinski definition) is 9. The van der Waals surface area contributed by atoms with E-state index in [0.29, 0.717) is 31.1 Å². The fourth-order valence-electron chi connectivity index (χ4n) is 4.13. The van der Waals surface area contributed by atoms with E-state index in [9.17, 15) is 13.2 Å². The van der Waals surface area contributed by atoms with E-state index in [1.807, 2.05) is 11.6 Å². The van der Waals surface area contributed by atoms with Crippen molar-refractivity contribution >= 4 is 32.4 Å². The van der Waals surface area contributed by atoms with Crippen molar-refractivity contribution in [3.05, 3.63) is 23.0 Å². The molecular formula is C19H28N6O4S2. The molecule has 0 spiro atoms. The third-order valence-corrected chi connectivity index (χ3v) is 8.77. The van der Waals surface area contributed by atoms with E-state index in [1.54, 1.807) is 30.1 Å². The Morgan fingerprint density at radius 1 is 1.10 bits per heavy atom. The van der Waals surface area contributed by atoms with Gasteiger partial charge in [0.2, 0.25) is 15.9 Å². The van der Waals surface area contributed by atoms with Crippen LogP contribution in [0.3, 0.4) is 0 Å². The number of hydrogen-bond donors (Lipinski definition) is 0. The molecule has 4 rings (SSSR count). The number of rotatable bonds is 5. The van der Waals surface area contributed by atoms with Crippen molar-refractivity contribution in [3.8, 4) is 0 Å². The van der Waals surface area contributed by atoms with Gasteiger partial charge in [-0.1, -0.05) is 5.16 Å². The lowest BCUT2D eigenvalue weighted by molar-refractivity contribution is -0.133. The second-order valence-corrected chi connectivity index (χ2v) is 10.6. The lowest BCUT2D eigenvalue weighted by atomic mass is 10.3. The van der Waals surface area contributed by atoms with Crippen molar-refractivity contribution in [1.29, 1.82) is 0 Å². The first kappa shape index (κ1) is 22.2. The molecule has 0 aliphatic carbocycles. The molecule has 10 nitrogen and oxygen atoms in total. The SMILES string of the molecule is Cc1noc(C)c1S(=O)(=O)N1CCN(C(=O)CN2CCCN(c3nccs3)CC2)CC1. The van der Waals surface area contributed by atoms with Crippen LogP contribution in [0.5, 0.6) is 0 Å². The molecule has 2 aliphatic heterocycles. The van der Waals surface area contributed by atoms with Crippen LogP contribution in [0.2, 0.25) is 0 Å². The first-order chi connectivity index (χ1) is 14.9. The maximum Gasteiger partial charge on any atom is 0.248 e. The number of carbonyl (C=O) groups is 1. The maximum absolute atomic E-state index is 13.0. The van der Waals surface area contributed by atoms with Gasteiger partial charge < -0.3 is 14.3 Å². The predicted octanol–water partition coefficient (Wildman–Crippen LogP) is 0.793. The lowest BCUT2D eigenvalue weighted by Gasteiger charge is -2.35. The summed E-state index contributed by atoms with van der Waals surface area (Å²) in [5.41, 5.74) is 0.365. The first-order valence-corrected chi connectivity index (χ1v) is 12.8. The number of piperazine rings is 1. The van der Waals surface area contributed by atoms with Gasteiger partial charge in [0.1, 0.15) is 10.6 Å².